The Bertz CT molecular complexity index is 395. The van der Waals surface area contributed by atoms with Crippen LogP contribution < -0.4 is 10.1 Å². The van der Waals surface area contributed by atoms with Crippen LogP contribution in [-0.2, 0) is 4.74 Å². The van der Waals surface area contributed by atoms with Crippen LogP contribution in [0.25, 0.3) is 0 Å². The molecule has 1 aliphatic rings. The van der Waals surface area contributed by atoms with Crippen molar-refractivity contribution in [2.24, 2.45) is 0 Å². The van der Waals surface area contributed by atoms with Crippen molar-refractivity contribution in [3.63, 3.8) is 0 Å². The van der Waals surface area contributed by atoms with Crippen molar-refractivity contribution in [1.29, 1.82) is 0 Å². The molecular formula is C11H12Cl3NO2. The van der Waals surface area contributed by atoms with Gasteiger partial charge in [0.25, 0.3) is 0 Å². The molecule has 0 amide bonds. The molecule has 1 atom stereocenters. The molecule has 1 heterocycles. The Morgan fingerprint density at radius 3 is 2.71 bits per heavy atom. The van der Waals surface area contributed by atoms with Crippen LogP contribution in [0.1, 0.15) is 0 Å². The van der Waals surface area contributed by atoms with E-state index in [1.165, 1.54) is 0 Å². The number of benzene rings is 1. The van der Waals surface area contributed by atoms with E-state index in [0.29, 0.717) is 34.0 Å². The highest BCUT2D eigenvalue weighted by molar-refractivity contribution is 6.43. The van der Waals surface area contributed by atoms with Crippen molar-refractivity contribution >= 4 is 34.8 Å². The number of hydrogen-bond donors (Lipinski definition) is 1. The van der Waals surface area contributed by atoms with E-state index >= 15 is 0 Å². The van der Waals surface area contributed by atoms with Crippen LogP contribution in [0.2, 0.25) is 15.1 Å². The zero-order valence-electron chi connectivity index (χ0n) is 9.01. The van der Waals surface area contributed by atoms with E-state index < -0.39 is 0 Å². The van der Waals surface area contributed by atoms with E-state index in [4.69, 9.17) is 44.3 Å². The monoisotopic (exact) mass is 295 g/mol. The Morgan fingerprint density at radius 1 is 1.24 bits per heavy atom. The van der Waals surface area contributed by atoms with Crippen LogP contribution >= 0.6 is 34.8 Å². The molecule has 0 bridgehead atoms. The van der Waals surface area contributed by atoms with E-state index in [9.17, 15) is 0 Å². The molecule has 1 N–H and O–H groups in total. The van der Waals surface area contributed by atoms with Crippen molar-refractivity contribution in [2.75, 3.05) is 26.3 Å². The highest BCUT2D eigenvalue weighted by Crippen LogP contribution is 2.33. The molecule has 0 aliphatic carbocycles. The van der Waals surface area contributed by atoms with Gasteiger partial charge in [-0.2, -0.15) is 0 Å². The second-order valence-electron chi connectivity index (χ2n) is 3.70. The number of nitrogens with one attached hydrogen (secondary N) is 1. The lowest BCUT2D eigenvalue weighted by atomic mass is 10.3. The molecule has 0 aromatic heterocycles. The maximum absolute atomic E-state index is 5.99. The molecule has 17 heavy (non-hydrogen) atoms. The molecule has 1 saturated heterocycles. The summed E-state index contributed by atoms with van der Waals surface area (Å²) in [7, 11) is 0. The van der Waals surface area contributed by atoms with Gasteiger partial charge in [-0.3, -0.25) is 0 Å². The van der Waals surface area contributed by atoms with Gasteiger partial charge in [0.2, 0.25) is 0 Å². The minimum atomic E-state index is 0.0364. The van der Waals surface area contributed by atoms with E-state index in [0.717, 1.165) is 13.1 Å². The first kappa shape index (κ1) is 13.2. The van der Waals surface area contributed by atoms with Gasteiger partial charge in [-0.05, 0) is 6.07 Å². The molecule has 0 saturated carbocycles. The summed E-state index contributed by atoms with van der Waals surface area (Å²) in [6.07, 6.45) is 0.0364. The first-order valence-corrected chi connectivity index (χ1v) is 6.40. The number of morpholine rings is 1. The number of halogens is 3. The highest BCUT2D eigenvalue weighted by Gasteiger charge is 2.15. The normalized spacial score (nSPS) is 20.3. The van der Waals surface area contributed by atoms with Crippen molar-refractivity contribution in [1.82, 2.24) is 5.32 Å². The summed E-state index contributed by atoms with van der Waals surface area (Å²) in [5.74, 6) is 0.523. The van der Waals surface area contributed by atoms with Gasteiger partial charge in [0.1, 0.15) is 18.5 Å². The molecule has 1 aromatic rings. The van der Waals surface area contributed by atoms with Gasteiger partial charge in [-0.25, -0.2) is 0 Å². The minimum Gasteiger partial charge on any atom is -0.489 e. The van der Waals surface area contributed by atoms with Crippen LogP contribution in [0.15, 0.2) is 12.1 Å². The fourth-order valence-corrected chi connectivity index (χ4v) is 2.12. The largest absolute Gasteiger partial charge is 0.489 e. The van der Waals surface area contributed by atoms with E-state index in [1.807, 2.05) is 0 Å². The summed E-state index contributed by atoms with van der Waals surface area (Å²) in [6, 6.07) is 3.18. The van der Waals surface area contributed by atoms with Crippen LogP contribution in [-0.4, -0.2) is 32.4 Å². The third kappa shape index (κ3) is 3.63. The van der Waals surface area contributed by atoms with Crippen LogP contribution in [0.3, 0.4) is 0 Å². The SMILES string of the molecule is Clc1cc(Cl)c(OCC2CNCCO2)cc1Cl. The maximum Gasteiger partial charge on any atom is 0.139 e. The van der Waals surface area contributed by atoms with Crippen LogP contribution in [0.5, 0.6) is 5.75 Å². The lowest BCUT2D eigenvalue weighted by Crippen LogP contribution is -2.41. The lowest BCUT2D eigenvalue weighted by molar-refractivity contribution is 0.000220. The average molecular weight is 297 g/mol. The quantitative estimate of drug-likeness (QED) is 0.870. The predicted octanol–water partition coefficient (Wildman–Crippen LogP) is 3.01. The van der Waals surface area contributed by atoms with Crippen LogP contribution in [0.4, 0.5) is 0 Å². The molecule has 94 valence electrons. The summed E-state index contributed by atoms with van der Waals surface area (Å²) in [5, 5.41) is 4.51. The lowest BCUT2D eigenvalue weighted by Gasteiger charge is -2.23. The third-order valence-corrected chi connectivity index (χ3v) is 3.42. The van der Waals surface area contributed by atoms with Crippen LogP contribution in [0, 0.1) is 0 Å². The second-order valence-corrected chi connectivity index (χ2v) is 4.93. The van der Waals surface area contributed by atoms with Gasteiger partial charge in [0.15, 0.2) is 0 Å². The molecule has 1 unspecified atom stereocenters. The fraction of sp³-hybridized carbons (Fsp3) is 0.455. The maximum atomic E-state index is 5.99. The van der Waals surface area contributed by atoms with Crippen molar-refractivity contribution in [3.05, 3.63) is 27.2 Å². The molecule has 3 nitrogen and oxygen atoms in total. The highest BCUT2D eigenvalue weighted by atomic mass is 35.5. The van der Waals surface area contributed by atoms with Crippen molar-refractivity contribution in [3.8, 4) is 5.75 Å². The Hall–Kier alpha value is -0.190. The Labute approximate surface area is 115 Å². The van der Waals surface area contributed by atoms with Gasteiger partial charge in [-0.1, -0.05) is 34.8 Å². The first-order valence-electron chi connectivity index (χ1n) is 5.26. The second kappa shape index (κ2) is 6.12. The molecule has 1 aliphatic heterocycles. The zero-order chi connectivity index (χ0) is 12.3. The molecule has 0 spiro atoms. The Balaban J connectivity index is 1.96. The number of hydrogen-bond acceptors (Lipinski definition) is 3. The summed E-state index contributed by atoms with van der Waals surface area (Å²) in [4.78, 5) is 0. The van der Waals surface area contributed by atoms with Gasteiger partial charge in [0, 0.05) is 19.2 Å². The zero-order valence-corrected chi connectivity index (χ0v) is 11.3. The summed E-state index contributed by atoms with van der Waals surface area (Å²) >= 11 is 17.7. The topological polar surface area (TPSA) is 30.5 Å². The summed E-state index contributed by atoms with van der Waals surface area (Å²) in [6.45, 7) is 2.79. The number of ether oxygens (including phenoxy) is 2. The van der Waals surface area contributed by atoms with E-state index in [2.05, 4.69) is 5.32 Å². The third-order valence-electron chi connectivity index (χ3n) is 2.40. The summed E-state index contributed by atoms with van der Waals surface area (Å²) < 4.78 is 11.1. The predicted molar refractivity (Wildman–Crippen MR) is 69.6 cm³/mol. The van der Waals surface area contributed by atoms with Gasteiger partial charge >= 0.3 is 0 Å². The van der Waals surface area contributed by atoms with Crippen molar-refractivity contribution < 1.29 is 9.47 Å². The molecule has 1 aromatic carbocycles. The molecule has 6 heteroatoms. The Kier molecular flexibility index (Phi) is 4.77. The minimum absolute atomic E-state index is 0.0364. The smallest absolute Gasteiger partial charge is 0.139 e. The summed E-state index contributed by atoms with van der Waals surface area (Å²) in [5.41, 5.74) is 0. The first-order chi connectivity index (χ1) is 8.16. The molecule has 1 fully saturated rings. The fourth-order valence-electron chi connectivity index (χ4n) is 1.52. The van der Waals surface area contributed by atoms with E-state index in [1.54, 1.807) is 12.1 Å². The average Bonchev–Trinajstić information content (AvgIpc) is 2.33. The van der Waals surface area contributed by atoms with Gasteiger partial charge in [0.05, 0.1) is 21.7 Å². The molecular weight excluding hydrogens is 284 g/mol. The van der Waals surface area contributed by atoms with Crippen molar-refractivity contribution in [2.45, 2.75) is 6.10 Å². The standard InChI is InChI=1S/C11H12Cl3NO2/c12-8-3-10(14)11(4-9(8)13)17-6-7-5-15-1-2-16-7/h3-4,7,15H,1-2,5-6H2. The molecule has 0 radical (unpaired) electrons. The number of rotatable bonds is 3. The Morgan fingerprint density at radius 2 is 2.00 bits per heavy atom. The molecule has 2 rings (SSSR count). The van der Waals surface area contributed by atoms with Gasteiger partial charge < -0.3 is 14.8 Å². The van der Waals surface area contributed by atoms with E-state index in [-0.39, 0.29) is 6.10 Å². The van der Waals surface area contributed by atoms with Gasteiger partial charge in [-0.15, -0.1) is 0 Å².